The van der Waals surface area contributed by atoms with Gasteiger partial charge in [-0.2, -0.15) is 0 Å². The average Bonchev–Trinajstić information content (AvgIpc) is 2.86. The van der Waals surface area contributed by atoms with Crippen LogP contribution < -0.4 is 0 Å². The fraction of sp³-hybridized carbons (Fsp3) is 0.200. The molecular formula is C15H12O5S2. The van der Waals surface area contributed by atoms with Gasteiger partial charge in [0.05, 0.1) is 9.79 Å². The van der Waals surface area contributed by atoms with Crippen molar-refractivity contribution in [3.63, 3.8) is 0 Å². The minimum absolute atomic E-state index is 0.0277. The Labute approximate surface area is 128 Å². The zero-order valence-corrected chi connectivity index (χ0v) is 13.2. The van der Waals surface area contributed by atoms with Crippen molar-refractivity contribution in [2.24, 2.45) is 0 Å². The standard InChI is InChI=1S/C15H12O5S2/c1-20-15-10-6-2-4-8-12(10)21(16,17)14(15)22(18,19)13-9-5-3-7-11(13)15/h2-9,14H,1H3. The summed E-state index contributed by atoms with van der Waals surface area (Å²) in [5.41, 5.74) is -0.725. The number of hydrogen-bond donors (Lipinski definition) is 0. The molecule has 0 fully saturated rings. The molecule has 0 aromatic heterocycles. The largest absolute Gasteiger partial charge is 0.366 e. The van der Waals surface area contributed by atoms with Gasteiger partial charge < -0.3 is 4.74 Å². The highest BCUT2D eigenvalue weighted by Crippen LogP contribution is 2.58. The number of benzene rings is 2. The SMILES string of the molecule is COC12c3ccccc3S(=O)(=O)C1S(=O)(=O)c1ccccc12. The van der Waals surface area contributed by atoms with Gasteiger partial charge in [0.25, 0.3) is 0 Å². The first-order valence-electron chi connectivity index (χ1n) is 6.60. The molecule has 2 aliphatic rings. The molecule has 0 saturated heterocycles. The van der Waals surface area contributed by atoms with E-state index in [9.17, 15) is 16.8 Å². The van der Waals surface area contributed by atoms with E-state index in [1.165, 1.54) is 19.2 Å². The fourth-order valence-corrected chi connectivity index (χ4v) is 9.17. The maximum absolute atomic E-state index is 12.9. The minimum atomic E-state index is -4.04. The van der Waals surface area contributed by atoms with Crippen molar-refractivity contribution in [1.82, 2.24) is 0 Å². The van der Waals surface area contributed by atoms with Crippen LogP contribution in [-0.4, -0.2) is 28.5 Å². The lowest BCUT2D eigenvalue weighted by Crippen LogP contribution is -2.40. The Morgan fingerprint density at radius 3 is 1.64 bits per heavy atom. The number of ether oxygens (including phenoxy) is 1. The Kier molecular flexibility index (Phi) is 2.52. The van der Waals surface area contributed by atoms with Gasteiger partial charge >= 0.3 is 0 Å². The van der Waals surface area contributed by atoms with Crippen LogP contribution in [0.15, 0.2) is 58.3 Å². The first-order valence-corrected chi connectivity index (χ1v) is 9.69. The van der Waals surface area contributed by atoms with Crippen molar-refractivity contribution in [2.45, 2.75) is 20.0 Å². The Morgan fingerprint density at radius 1 is 0.818 bits per heavy atom. The van der Waals surface area contributed by atoms with Crippen molar-refractivity contribution < 1.29 is 21.6 Å². The zero-order chi connectivity index (χ0) is 15.8. The van der Waals surface area contributed by atoms with Gasteiger partial charge in [-0.25, -0.2) is 16.8 Å². The van der Waals surface area contributed by atoms with Gasteiger partial charge in [0.15, 0.2) is 25.3 Å². The molecule has 4 rings (SSSR count). The average molecular weight is 336 g/mol. The van der Waals surface area contributed by atoms with Crippen LogP contribution in [0.4, 0.5) is 0 Å². The lowest BCUT2D eigenvalue weighted by atomic mass is 9.88. The maximum Gasteiger partial charge on any atom is 0.208 e. The maximum atomic E-state index is 12.9. The summed E-state index contributed by atoms with van der Waals surface area (Å²) in [5, 5.41) is 0. The predicted octanol–water partition coefficient (Wildman–Crippen LogP) is 1.48. The quantitative estimate of drug-likeness (QED) is 0.788. The number of methoxy groups -OCH3 is 1. The molecule has 2 aromatic carbocycles. The van der Waals surface area contributed by atoms with Gasteiger partial charge in [-0.05, 0) is 12.1 Å². The van der Waals surface area contributed by atoms with Crippen LogP contribution in [-0.2, 0) is 30.0 Å². The minimum Gasteiger partial charge on any atom is -0.366 e. The highest BCUT2D eigenvalue weighted by Gasteiger charge is 2.69. The third-order valence-corrected chi connectivity index (χ3v) is 9.65. The highest BCUT2D eigenvalue weighted by molar-refractivity contribution is 8.09. The van der Waals surface area contributed by atoms with Gasteiger partial charge in [0, 0.05) is 18.2 Å². The van der Waals surface area contributed by atoms with E-state index in [1.54, 1.807) is 36.4 Å². The smallest absolute Gasteiger partial charge is 0.208 e. The van der Waals surface area contributed by atoms with Gasteiger partial charge in [-0.3, -0.25) is 0 Å². The van der Waals surface area contributed by atoms with E-state index in [2.05, 4.69) is 0 Å². The van der Waals surface area contributed by atoms with E-state index in [1.807, 2.05) is 0 Å². The van der Waals surface area contributed by atoms with Crippen molar-refractivity contribution in [1.29, 1.82) is 0 Å². The number of sulfone groups is 2. The summed E-state index contributed by atoms with van der Waals surface area (Å²) < 4.78 is 55.3. The molecule has 0 N–H and O–H groups in total. The van der Waals surface area contributed by atoms with E-state index in [4.69, 9.17) is 4.74 Å². The summed E-state index contributed by atoms with van der Waals surface area (Å²) in [7, 11) is -6.73. The topological polar surface area (TPSA) is 77.5 Å². The van der Waals surface area contributed by atoms with Gasteiger partial charge in [0.2, 0.25) is 4.58 Å². The lowest BCUT2D eigenvalue weighted by molar-refractivity contribution is 0.0374. The van der Waals surface area contributed by atoms with Crippen LogP contribution in [0.1, 0.15) is 11.1 Å². The molecule has 0 atom stereocenters. The molecular weight excluding hydrogens is 324 g/mol. The number of hydrogen-bond acceptors (Lipinski definition) is 5. The molecule has 0 spiro atoms. The Morgan fingerprint density at radius 2 is 1.23 bits per heavy atom. The van der Waals surface area contributed by atoms with Crippen LogP contribution >= 0.6 is 0 Å². The predicted molar refractivity (Wildman–Crippen MR) is 78.8 cm³/mol. The second-order valence-electron chi connectivity index (χ2n) is 5.35. The van der Waals surface area contributed by atoms with Gasteiger partial charge in [-0.1, -0.05) is 36.4 Å². The summed E-state index contributed by atoms with van der Waals surface area (Å²) in [5.74, 6) is 0. The summed E-state index contributed by atoms with van der Waals surface area (Å²) in [4.78, 5) is 0.0554. The molecule has 5 nitrogen and oxygen atoms in total. The van der Waals surface area contributed by atoms with Crippen LogP contribution in [0.5, 0.6) is 0 Å². The summed E-state index contributed by atoms with van der Waals surface area (Å²) in [6.07, 6.45) is 0. The van der Waals surface area contributed by atoms with E-state index >= 15 is 0 Å². The van der Waals surface area contributed by atoms with Gasteiger partial charge in [-0.15, -0.1) is 0 Å². The monoisotopic (exact) mass is 336 g/mol. The Hall–Kier alpha value is -1.70. The van der Waals surface area contributed by atoms with Crippen LogP contribution in [0, 0.1) is 0 Å². The molecule has 0 unspecified atom stereocenters. The number of fused-ring (bicyclic) bond motifs is 5. The molecule has 7 heteroatoms. The Bertz CT molecular complexity index is 928. The fourth-order valence-electron chi connectivity index (χ4n) is 3.59. The van der Waals surface area contributed by atoms with Crippen molar-refractivity contribution in [2.75, 3.05) is 7.11 Å². The van der Waals surface area contributed by atoms with Crippen LogP contribution in [0.2, 0.25) is 0 Å². The molecule has 0 amide bonds. The Balaban J connectivity index is 2.27. The third-order valence-electron chi connectivity index (χ3n) is 4.40. The van der Waals surface area contributed by atoms with E-state index < -0.39 is 29.9 Å². The lowest BCUT2D eigenvalue weighted by Gasteiger charge is -2.27. The highest BCUT2D eigenvalue weighted by atomic mass is 32.3. The molecule has 0 bridgehead atoms. The van der Waals surface area contributed by atoms with Crippen molar-refractivity contribution in [3.05, 3.63) is 59.7 Å². The molecule has 22 heavy (non-hydrogen) atoms. The summed E-state index contributed by atoms with van der Waals surface area (Å²) in [6.45, 7) is 0. The van der Waals surface area contributed by atoms with Crippen LogP contribution in [0.25, 0.3) is 0 Å². The van der Waals surface area contributed by atoms with E-state index in [0.29, 0.717) is 11.1 Å². The third kappa shape index (κ3) is 1.28. The molecule has 2 aliphatic heterocycles. The first-order chi connectivity index (χ1) is 10.4. The molecule has 114 valence electrons. The van der Waals surface area contributed by atoms with E-state index in [0.717, 1.165) is 0 Å². The summed E-state index contributed by atoms with van der Waals surface area (Å²) in [6, 6.07) is 12.6. The second-order valence-corrected chi connectivity index (χ2v) is 9.65. The number of rotatable bonds is 1. The second kappa shape index (κ2) is 3.98. The van der Waals surface area contributed by atoms with Crippen LogP contribution in [0.3, 0.4) is 0 Å². The molecule has 0 saturated carbocycles. The molecule has 2 heterocycles. The first kappa shape index (κ1) is 13.9. The van der Waals surface area contributed by atoms with Crippen molar-refractivity contribution >= 4 is 19.7 Å². The normalized spacial score (nSPS) is 29.6. The molecule has 2 aromatic rings. The molecule has 0 radical (unpaired) electrons. The van der Waals surface area contributed by atoms with Crippen molar-refractivity contribution in [3.8, 4) is 0 Å². The van der Waals surface area contributed by atoms with Gasteiger partial charge in [0.1, 0.15) is 0 Å². The van der Waals surface area contributed by atoms with E-state index in [-0.39, 0.29) is 9.79 Å². The zero-order valence-electron chi connectivity index (χ0n) is 11.6. The summed E-state index contributed by atoms with van der Waals surface area (Å²) >= 11 is 0. The molecule has 0 aliphatic carbocycles.